The van der Waals surface area contributed by atoms with Crippen molar-refractivity contribution in [3.8, 4) is 5.75 Å². The summed E-state index contributed by atoms with van der Waals surface area (Å²) in [5.74, 6) is 0.933. The van der Waals surface area contributed by atoms with Crippen LogP contribution in [0.2, 0.25) is 0 Å². The highest BCUT2D eigenvalue weighted by molar-refractivity contribution is 5.44. The molecule has 1 heterocycles. The first-order valence-electron chi connectivity index (χ1n) is 6.93. The van der Waals surface area contributed by atoms with Crippen molar-refractivity contribution >= 4 is 0 Å². The minimum atomic E-state index is 0.116. The smallest absolute Gasteiger partial charge is 0.122 e. The fourth-order valence-electron chi connectivity index (χ4n) is 2.50. The lowest BCUT2D eigenvalue weighted by molar-refractivity contribution is 0.411. The second kappa shape index (κ2) is 6.09. The predicted octanol–water partition coefficient (Wildman–Crippen LogP) is 2.74. The van der Waals surface area contributed by atoms with Crippen LogP contribution < -0.4 is 10.1 Å². The van der Waals surface area contributed by atoms with E-state index in [1.54, 1.807) is 7.11 Å². The maximum Gasteiger partial charge on any atom is 0.122 e. The average molecular weight is 273 g/mol. The van der Waals surface area contributed by atoms with Crippen LogP contribution in [0.3, 0.4) is 0 Å². The van der Waals surface area contributed by atoms with Crippen LogP contribution in [0.4, 0.5) is 0 Å². The molecule has 1 atom stereocenters. The van der Waals surface area contributed by atoms with Crippen LogP contribution in [0.1, 0.15) is 35.3 Å². The topological polar surface area (TPSA) is 39.1 Å². The third kappa shape index (κ3) is 2.85. The van der Waals surface area contributed by atoms with Crippen molar-refractivity contribution in [1.29, 1.82) is 0 Å². The molecule has 1 N–H and O–H groups in total. The molecule has 1 aromatic heterocycles. The number of hydrogen-bond acceptors (Lipinski definition) is 3. The third-order valence-electron chi connectivity index (χ3n) is 3.52. The van der Waals surface area contributed by atoms with Crippen LogP contribution in [0.25, 0.3) is 0 Å². The Balaban J connectivity index is 2.46. The van der Waals surface area contributed by atoms with Gasteiger partial charge in [0.25, 0.3) is 0 Å². The van der Waals surface area contributed by atoms with Gasteiger partial charge in [0.2, 0.25) is 0 Å². The van der Waals surface area contributed by atoms with Crippen LogP contribution in [0.5, 0.6) is 5.75 Å². The fraction of sp³-hybridized carbons (Fsp3) is 0.438. The molecule has 2 rings (SSSR count). The first-order chi connectivity index (χ1) is 9.56. The van der Waals surface area contributed by atoms with Crippen LogP contribution in [0, 0.1) is 13.8 Å². The highest BCUT2D eigenvalue weighted by Gasteiger charge is 2.18. The molecule has 0 saturated heterocycles. The van der Waals surface area contributed by atoms with Crippen molar-refractivity contribution in [3.63, 3.8) is 0 Å². The maximum absolute atomic E-state index is 5.39. The van der Waals surface area contributed by atoms with Crippen LogP contribution in [0.15, 0.2) is 24.7 Å². The predicted molar refractivity (Wildman–Crippen MR) is 81.2 cm³/mol. The van der Waals surface area contributed by atoms with Crippen LogP contribution in [-0.4, -0.2) is 23.2 Å². The molecule has 2 aromatic rings. The van der Waals surface area contributed by atoms with E-state index >= 15 is 0 Å². The Morgan fingerprint density at radius 3 is 2.60 bits per heavy atom. The molecule has 1 aromatic carbocycles. The molecule has 0 aliphatic heterocycles. The second-order valence-electron chi connectivity index (χ2n) is 5.13. The molecule has 4 nitrogen and oxygen atoms in total. The number of ether oxygens (including phenoxy) is 1. The standard InChI is InChI=1S/C16H23N3O/c1-6-17-16(14-9-19(4)10-18-14)13-7-12(3)15(20-5)8-11(13)2/h7-10,16-17H,6H2,1-5H3. The van der Waals surface area contributed by atoms with Crippen molar-refractivity contribution in [2.24, 2.45) is 7.05 Å². The van der Waals surface area contributed by atoms with E-state index < -0.39 is 0 Å². The van der Waals surface area contributed by atoms with E-state index in [2.05, 4.69) is 49.4 Å². The van der Waals surface area contributed by atoms with Crippen molar-refractivity contribution in [3.05, 3.63) is 47.0 Å². The van der Waals surface area contributed by atoms with Gasteiger partial charge < -0.3 is 14.6 Å². The zero-order chi connectivity index (χ0) is 14.7. The molecule has 108 valence electrons. The summed E-state index contributed by atoms with van der Waals surface area (Å²) in [7, 11) is 3.70. The maximum atomic E-state index is 5.39. The lowest BCUT2D eigenvalue weighted by atomic mass is 9.96. The van der Waals surface area contributed by atoms with E-state index in [0.29, 0.717) is 0 Å². The molecular formula is C16H23N3O. The van der Waals surface area contributed by atoms with Crippen molar-refractivity contribution < 1.29 is 4.74 Å². The quantitative estimate of drug-likeness (QED) is 0.910. The number of aryl methyl sites for hydroxylation is 3. The molecule has 0 aliphatic rings. The Hall–Kier alpha value is -1.81. The zero-order valence-electron chi connectivity index (χ0n) is 12.9. The number of methoxy groups -OCH3 is 1. The summed E-state index contributed by atoms with van der Waals surface area (Å²) in [6.07, 6.45) is 3.90. The van der Waals surface area contributed by atoms with Crippen molar-refractivity contribution in [1.82, 2.24) is 14.9 Å². The molecule has 4 heteroatoms. The third-order valence-corrected chi connectivity index (χ3v) is 3.52. The summed E-state index contributed by atoms with van der Waals surface area (Å²) >= 11 is 0. The van der Waals surface area contributed by atoms with Gasteiger partial charge in [0.05, 0.1) is 25.2 Å². The number of rotatable bonds is 5. The number of aromatic nitrogens is 2. The zero-order valence-corrected chi connectivity index (χ0v) is 12.9. The van der Waals surface area contributed by atoms with Gasteiger partial charge >= 0.3 is 0 Å². The Bertz CT molecular complexity index is 589. The first-order valence-corrected chi connectivity index (χ1v) is 6.93. The van der Waals surface area contributed by atoms with E-state index in [9.17, 15) is 0 Å². The molecular weight excluding hydrogens is 250 g/mol. The highest BCUT2D eigenvalue weighted by atomic mass is 16.5. The SMILES string of the molecule is CCNC(c1cn(C)cn1)c1cc(C)c(OC)cc1C. The Morgan fingerprint density at radius 2 is 2.05 bits per heavy atom. The average Bonchev–Trinajstić information content (AvgIpc) is 2.85. The molecule has 0 spiro atoms. The van der Waals surface area contributed by atoms with Gasteiger partial charge in [0, 0.05) is 13.2 Å². The van der Waals surface area contributed by atoms with E-state index in [1.807, 2.05) is 17.9 Å². The van der Waals surface area contributed by atoms with E-state index in [0.717, 1.165) is 23.6 Å². The number of nitrogens with one attached hydrogen (secondary N) is 1. The second-order valence-corrected chi connectivity index (χ2v) is 5.13. The van der Waals surface area contributed by atoms with Gasteiger partial charge in [-0.2, -0.15) is 0 Å². The van der Waals surface area contributed by atoms with E-state index in [1.165, 1.54) is 11.1 Å². The first kappa shape index (κ1) is 14.6. The van der Waals surface area contributed by atoms with Crippen molar-refractivity contribution in [2.45, 2.75) is 26.8 Å². The van der Waals surface area contributed by atoms with Gasteiger partial charge in [-0.1, -0.05) is 13.0 Å². The normalized spacial score (nSPS) is 12.4. The minimum Gasteiger partial charge on any atom is -0.496 e. The molecule has 0 aliphatic carbocycles. The fourth-order valence-corrected chi connectivity index (χ4v) is 2.50. The van der Waals surface area contributed by atoms with Gasteiger partial charge in [0.1, 0.15) is 5.75 Å². The summed E-state index contributed by atoms with van der Waals surface area (Å²) in [4.78, 5) is 4.49. The minimum absolute atomic E-state index is 0.116. The summed E-state index contributed by atoms with van der Waals surface area (Å²) in [5, 5.41) is 3.52. The van der Waals surface area contributed by atoms with E-state index in [4.69, 9.17) is 4.74 Å². The molecule has 20 heavy (non-hydrogen) atoms. The largest absolute Gasteiger partial charge is 0.496 e. The number of benzene rings is 1. The van der Waals surface area contributed by atoms with Gasteiger partial charge in [0.15, 0.2) is 0 Å². The van der Waals surface area contributed by atoms with Crippen LogP contribution >= 0.6 is 0 Å². The van der Waals surface area contributed by atoms with Gasteiger partial charge in [-0.15, -0.1) is 0 Å². The van der Waals surface area contributed by atoms with Crippen molar-refractivity contribution in [2.75, 3.05) is 13.7 Å². The molecule has 0 amide bonds. The van der Waals surface area contributed by atoms with Crippen LogP contribution in [-0.2, 0) is 7.05 Å². The molecule has 0 bridgehead atoms. The summed E-state index contributed by atoms with van der Waals surface area (Å²) in [5.41, 5.74) is 4.65. The number of nitrogens with zero attached hydrogens (tertiary/aromatic N) is 2. The molecule has 1 unspecified atom stereocenters. The monoisotopic (exact) mass is 273 g/mol. The Kier molecular flexibility index (Phi) is 4.45. The lowest BCUT2D eigenvalue weighted by Gasteiger charge is -2.20. The highest BCUT2D eigenvalue weighted by Crippen LogP contribution is 2.29. The van der Waals surface area contributed by atoms with Gasteiger partial charge in [-0.3, -0.25) is 0 Å². The lowest BCUT2D eigenvalue weighted by Crippen LogP contribution is -2.23. The van der Waals surface area contributed by atoms with E-state index in [-0.39, 0.29) is 6.04 Å². The molecule has 0 saturated carbocycles. The summed E-state index contributed by atoms with van der Waals surface area (Å²) < 4.78 is 7.37. The summed E-state index contributed by atoms with van der Waals surface area (Å²) in [6, 6.07) is 4.40. The Morgan fingerprint density at radius 1 is 1.30 bits per heavy atom. The number of imidazole rings is 1. The molecule has 0 fully saturated rings. The van der Waals surface area contributed by atoms with Gasteiger partial charge in [-0.05, 0) is 43.1 Å². The van der Waals surface area contributed by atoms with Gasteiger partial charge in [-0.25, -0.2) is 4.98 Å². The Labute approximate surface area is 120 Å². The summed E-state index contributed by atoms with van der Waals surface area (Å²) in [6.45, 7) is 7.20. The number of hydrogen-bond donors (Lipinski definition) is 1. The molecule has 0 radical (unpaired) electrons.